The molecular weight excluding hydrogens is 424 g/mol. The zero-order valence-corrected chi connectivity index (χ0v) is 18.4. The first-order chi connectivity index (χ1) is 16.3. The number of benzene rings is 4. The van der Waals surface area contributed by atoms with Gasteiger partial charge in [-0.25, -0.2) is 0 Å². The van der Waals surface area contributed by atoms with Crippen LogP contribution in [0.1, 0.15) is 43.0 Å². The fourth-order valence-electron chi connectivity index (χ4n) is 3.76. The first-order valence-electron chi connectivity index (χ1n) is 10.6. The second-order valence-corrected chi connectivity index (χ2v) is 7.87. The van der Waals surface area contributed by atoms with E-state index < -0.39 is 11.6 Å². The predicted molar refractivity (Wildman–Crippen MR) is 139 cm³/mol. The van der Waals surface area contributed by atoms with E-state index in [0.717, 1.165) is 5.56 Å². The summed E-state index contributed by atoms with van der Waals surface area (Å²) in [6.07, 6.45) is 3.63. The summed E-state index contributed by atoms with van der Waals surface area (Å²) in [4.78, 5) is 27.1. The molecule has 0 aliphatic rings. The maximum atomic E-state index is 13.6. The van der Waals surface area contributed by atoms with Crippen LogP contribution >= 0.6 is 0 Å². The van der Waals surface area contributed by atoms with Crippen LogP contribution in [0.15, 0.2) is 84.9 Å². The molecule has 0 saturated heterocycles. The molecule has 0 aliphatic heterocycles. The topological polar surface area (TPSA) is 138 Å². The van der Waals surface area contributed by atoms with E-state index in [4.69, 9.17) is 22.9 Å². The van der Waals surface area contributed by atoms with Crippen LogP contribution in [0.25, 0.3) is 12.2 Å². The summed E-state index contributed by atoms with van der Waals surface area (Å²) in [7, 11) is 0. The van der Waals surface area contributed by atoms with Gasteiger partial charge in [0, 0.05) is 33.8 Å². The molecule has 168 valence electrons. The number of rotatable bonds is 6. The molecule has 0 bridgehead atoms. The highest BCUT2D eigenvalue weighted by Gasteiger charge is 2.26. The number of ketones is 2. The highest BCUT2D eigenvalue weighted by Crippen LogP contribution is 2.33. The van der Waals surface area contributed by atoms with Crippen molar-refractivity contribution in [2.24, 2.45) is 0 Å². The third kappa shape index (κ3) is 4.52. The maximum absolute atomic E-state index is 13.6. The van der Waals surface area contributed by atoms with Crippen LogP contribution in [-0.2, 0) is 0 Å². The van der Waals surface area contributed by atoms with Crippen molar-refractivity contribution < 1.29 is 9.59 Å². The molecular formula is C28H24N4O2. The van der Waals surface area contributed by atoms with Crippen molar-refractivity contribution >= 4 is 46.5 Å². The SMILES string of the molecule is Nc1cccc(C(=O)c2c(N)cc(C=Cc3ccccc3)c(N)c2C(=O)c2cccc(N)c2)c1. The van der Waals surface area contributed by atoms with Gasteiger partial charge >= 0.3 is 0 Å². The largest absolute Gasteiger partial charge is 0.399 e. The van der Waals surface area contributed by atoms with Gasteiger partial charge in [0.05, 0.1) is 16.8 Å². The summed E-state index contributed by atoms with van der Waals surface area (Å²) < 4.78 is 0. The Morgan fingerprint density at radius 3 is 1.71 bits per heavy atom. The molecule has 0 aromatic heterocycles. The van der Waals surface area contributed by atoms with Gasteiger partial charge in [0.1, 0.15) is 0 Å². The smallest absolute Gasteiger partial charge is 0.196 e. The van der Waals surface area contributed by atoms with E-state index in [-0.39, 0.29) is 22.5 Å². The van der Waals surface area contributed by atoms with Gasteiger partial charge in [-0.3, -0.25) is 9.59 Å². The van der Waals surface area contributed by atoms with Gasteiger partial charge in [0.15, 0.2) is 11.6 Å². The average Bonchev–Trinajstić information content (AvgIpc) is 2.84. The summed E-state index contributed by atoms with van der Waals surface area (Å²) >= 11 is 0. The Hall–Kier alpha value is -4.84. The normalized spacial score (nSPS) is 10.9. The van der Waals surface area contributed by atoms with E-state index in [1.165, 1.54) is 6.07 Å². The van der Waals surface area contributed by atoms with Crippen molar-refractivity contribution in [3.63, 3.8) is 0 Å². The third-order valence-corrected chi connectivity index (χ3v) is 5.44. The lowest BCUT2D eigenvalue weighted by Gasteiger charge is -2.17. The third-order valence-electron chi connectivity index (χ3n) is 5.44. The Morgan fingerprint density at radius 1 is 0.588 bits per heavy atom. The summed E-state index contributed by atoms with van der Waals surface area (Å²) in [5.41, 5.74) is 27.9. The molecule has 0 unspecified atom stereocenters. The summed E-state index contributed by atoms with van der Waals surface area (Å²) in [5, 5.41) is 0. The molecule has 4 aromatic carbocycles. The Bertz CT molecular complexity index is 1430. The van der Waals surface area contributed by atoms with Crippen LogP contribution in [0.5, 0.6) is 0 Å². The lowest BCUT2D eigenvalue weighted by molar-refractivity contribution is 0.100. The molecule has 0 fully saturated rings. The minimum atomic E-state index is -0.446. The molecule has 0 heterocycles. The first kappa shape index (κ1) is 22.4. The van der Waals surface area contributed by atoms with Crippen LogP contribution < -0.4 is 22.9 Å². The van der Waals surface area contributed by atoms with Gasteiger partial charge in [-0.15, -0.1) is 0 Å². The lowest BCUT2D eigenvalue weighted by Crippen LogP contribution is -2.17. The molecule has 0 spiro atoms. The lowest BCUT2D eigenvalue weighted by atomic mass is 9.88. The molecule has 0 atom stereocenters. The molecule has 0 radical (unpaired) electrons. The standard InChI is InChI=1S/C28H24N4O2/c29-21-10-4-8-19(14-21)27(33)24-23(31)16-18(13-12-17-6-2-1-3-7-17)26(32)25(24)28(34)20-9-5-11-22(30)15-20/h1-16H,29-32H2. The van der Waals surface area contributed by atoms with E-state index in [0.29, 0.717) is 28.1 Å². The van der Waals surface area contributed by atoms with Gasteiger partial charge in [0.25, 0.3) is 0 Å². The van der Waals surface area contributed by atoms with Crippen LogP contribution in [0.3, 0.4) is 0 Å². The Kier molecular flexibility index (Phi) is 6.14. The van der Waals surface area contributed by atoms with E-state index in [1.54, 1.807) is 54.6 Å². The minimum absolute atomic E-state index is 0.0331. The fraction of sp³-hybridized carbons (Fsp3) is 0. The number of hydrogen-bond donors (Lipinski definition) is 4. The number of hydrogen-bond acceptors (Lipinski definition) is 6. The number of carbonyl (C=O) groups is 2. The van der Waals surface area contributed by atoms with Crippen LogP contribution in [0.2, 0.25) is 0 Å². The average molecular weight is 449 g/mol. The van der Waals surface area contributed by atoms with Crippen molar-refractivity contribution in [2.45, 2.75) is 0 Å². The monoisotopic (exact) mass is 448 g/mol. The molecule has 0 aliphatic carbocycles. The second kappa shape index (κ2) is 9.34. The zero-order valence-electron chi connectivity index (χ0n) is 18.4. The first-order valence-corrected chi connectivity index (χ1v) is 10.6. The van der Waals surface area contributed by atoms with Crippen molar-refractivity contribution in [1.82, 2.24) is 0 Å². The molecule has 34 heavy (non-hydrogen) atoms. The highest BCUT2D eigenvalue weighted by atomic mass is 16.1. The fourth-order valence-corrected chi connectivity index (χ4v) is 3.76. The maximum Gasteiger partial charge on any atom is 0.196 e. The molecule has 0 amide bonds. The number of nitrogen functional groups attached to an aromatic ring is 4. The number of carbonyl (C=O) groups excluding carboxylic acids is 2. The van der Waals surface area contributed by atoms with E-state index in [1.807, 2.05) is 36.4 Å². The van der Waals surface area contributed by atoms with Crippen molar-refractivity contribution in [3.8, 4) is 0 Å². The second-order valence-electron chi connectivity index (χ2n) is 7.87. The van der Waals surface area contributed by atoms with Gasteiger partial charge in [-0.2, -0.15) is 0 Å². The van der Waals surface area contributed by atoms with Crippen LogP contribution in [0.4, 0.5) is 22.7 Å². The van der Waals surface area contributed by atoms with Crippen molar-refractivity contribution in [1.29, 1.82) is 0 Å². The predicted octanol–water partition coefficient (Wildman–Crippen LogP) is 4.65. The van der Waals surface area contributed by atoms with E-state index >= 15 is 0 Å². The molecule has 0 saturated carbocycles. The molecule has 4 rings (SSSR count). The molecule has 8 N–H and O–H groups in total. The Balaban J connectivity index is 1.91. The molecule has 6 heteroatoms. The Morgan fingerprint density at radius 2 is 1.15 bits per heavy atom. The van der Waals surface area contributed by atoms with Gasteiger partial charge in [-0.1, -0.05) is 66.7 Å². The summed E-state index contributed by atoms with van der Waals surface area (Å²) in [6.45, 7) is 0. The zero-order chi connectivity index (χ0) is 24.2. The van der Waals surface area contributed by atoms with E-state index in [9.17, 15) is 9.59 Å². The van der Waals surface area contributed by atoms with Gasteiger partial charge < -0.3 is 22.9 Å². The molecule has 6 nitrogen and oxygen atoms in total. The number of anilines is 4. The van der Waals surface area contributed by atoms with Crippen molar-refractivity contribution in [3.05, 3.63) is 118 Å². The Labute approximate surface area is 197 Å². The minimum Gasteiger partial charge on any atom is -0.399 e. The summed E-state index contributed by atoms with van der Waals surface area (Å²) in [5.74, 6) is -0.888. The number of nitrogens with two attached hydrogens (primary N) is 4. The van der Waals surface area contributed by atoms with Crippen LogP contribution in [-0.4, -0.2) is 11.6 Å². The van der Waals surface area contributed by atoms with Gasteiger partial charge in [0.2, 0.25) is 0 Å². The van der Waals surface area contributed by atoms with E-state index in [2.05, 4.69) is 0 Å². The van der Waals surface area contributed by atoms with Crippen LogP contribution in [0, 0.1) is 0 Å². The highest BCUT2D eigenvalue weighted by molar-refractivity contribution is 6.24. The van der Waals surface area contributed by atoms with Gasteiger partial charge in [-0.05, 0) is 35.9 Å². The quantitative estimate of drug-likeness (QED) is 0.192. The van der Waals surface area contributed by atoms with Crippen molar-refractivity contribution in [2.75, 3.05) is 22.9 Å². The molecule has 4 aromatic rings. The summed E-state index contributed by atoms with van der Waals surface area (Å²) in [6, 6.07) is 24.2.